The van der Waals surface area contributed by atoms with E-state index in [1.807, 2.05) is 32.2 Å². The molecule has 0 bridgehead atoms. The number of pyridine rings is 1. The molecule has 0 fully saturated rings. The molecule has 2 rings (SSSR count). The zero-order valence-electron chi connectivity index (χ0n) is 9.74. The van der Waals surface area contributed by atoms with Gasteiger partial charge in [0.2, 0.25) is 0 Å². The van der Waals surface area contributed by atoms with Gasteiger partial charge in [0.1, 0.15) is 16.2 Å². The molecule has 2 aromatic rings. The van der Waals surface area contributed by atoms with Crippen molar-refractivity contribution in [2.75, 3.05) is 5.32 Å². The number of aromatic nitrogens is 3. The first-order valence-corrected chi connectivity index (χ1v) is 6.09. The van der Waals surface area contributed by atoms with Crippen LogP contribution in [0.2, 0.25) is 0 Å². The van der Waals surface area contributed by atoms with Crippen LogP contribution in [-0.4, -0.2) is 15.0 Å². The summed E-state index contributed by atoms with van der Waals surface area (Å²) >= 11 is 3.35. The summed E-state index contributed by atoms with van der Waals surface area (Å²) in [4.78, 5) is 12.5. The summed E-state index contributed by atoms with van der Waals surface area (Å²) in [6.07, 6.45) is 3.66. The number of hydrogen-bond donors (Lipinski definition) is 1. The average Bonchev–Trinajstić information content (AvgIpc) is 2.27. The van der Waals surface area contributed by atoms with Crippen molar-refractivity contribution in [2.24, 2.45) is 0 Å². The Balaban J connectivity index is 2.10. The number of nitrogens with one attached hydrogen (secondary N) is 1. The molecule has 1 N–H and O–H groups in total. The van der Waals surface area contributed by atoms with Crippen molar-refractivity contribution < 1.29 is 0 Å². The molecule has 0 saturated heterocycles. The molecule has 0 unspecified atom stereocenters. The summed E-state index contributed by atoms with van der Waals surface area (Å²) in [5.74, 6) is 1.56. The number of aryl methyl sites for hydroxylation is 2. The topological polar surface area (TPSA) is 50.7 Å². The lowest BCUT2D eigenvalue weighted by molar-refractivity contribution is 1.00. The van der Waals surface area contributed by atoms with E-state index in [-0.39, 0.29) is 0 Å². The second-order valence-corrected chi connectivity index (χ2v) is 4.59. The third-order valence-corrected chi connectivity index (χ3v) is 2.81. The van der Waals surface area contributed by atoms with E-state index >= 15 is 0 Å². The Bertz CT molecular complexity index is 507. The van der Waals surface area contributed by atoms with Crippen molar-refractivity contribution in [2.45, 2.75) is 20.4 Å². The summed E-state index contributed by atoms with van der Waals surface area (Å²) in [6, 6.07) is 3.87. The van der Waals surface area contributed by atoms with E-state index in [4.69, 9.17) is 0 Å². The first-order chi connectivity index (χ1) is 8.15. The van der Waals surface area contributed by atoms with E-state index in [1.54, 1.807) is 6.20 Å². The molecule has 0 atom stereocenters. The Morgan fingerprint density at radius 1 is 1.29 bits per heavy atom. The molecule has 0 aliphatic heterocycles. The van der Waals surface area contributed by atoms with Gasteiger partial charge in [-0.1, -0.05) is 0 Å². The molecular weight excluding hydrogens is 280 g/mol. The molecule has 2 aromatic heterocycles. The molecule has 88 valence electrons. The second-order valence-electron chi connectivity index (χ2n) is 3.78. The highest BCUT2D eigenvalue weighted by Crippen LogP contribution is 2.13. The molecule has 5 heteroatoms. The summed E-state index contributed by atoms with van der Waals surface area (Å²) in [7, 11) is 0. The molecule has 4 nitrogen and oxygen atoms in total. The van der Waals surface area contributed by atoms with Gasteiger partial charge in [-0.2, -0.15) is 0 Å². The van der Waals surface area contributed by atoms with Gasteiger partial charge in [-0.15, -0.1) is 0 Å². The van der Waals surface area contributed by atoms with Gasteiger partial charge in [0.25, 0.3) is 0 Å². The van der Waals surface area contributed by atoms with Crippen LogP contribution in [0.4, 0.5) is 5.82 Å². The third kappa shape index (κ3) is 3.23. The Morgan fingerprint density at radius 2 is 2.12 bits per heavy atom. The standard InChI is InChI=1S/C12H13BrN4/c1-8-6-14-4-3-10(8)7-15-12-5-11(13)16-9(2)17-12/h3-6H,7H2,1-2H3,(H,15,16,17). The van der Waals surface area contributed by atoms with Crippen LogP contribution in [0.25, 0.3) is 0 Å². The van der Waals surface area contributed by atoms with Crippen LogP contribution in [0.1, 0.15) is 17.0 Å². The van der Waals surface area contributed by atoms with E-state index in [0.717, 1.165) is 22.8 Å². The largest absolute Gasteiger partial charge is 0.366 e. The SMILES string of the molecule is Cc1nc(Br)cc(NCc2ccncc2C)n1. The minimum absolute atomic E-state index is 0.733. The van der Waals surface area contributed by atoms with Crippen LogP contribution in [0.15, 0.2) is 29.1 Å². The van der Waals surface area contributed by atoms with Crippen molar-refractivity contribution in [1.82, 2.24) is 15.0 Å². The summed E-state index contributed by atoms with van der Waals surface area (Å²) < 4.78 is 0.791. The quantitative estimate of drug-likeness (QED) is 0.884. The normalized spacial score (nSPS) is 10.3. The van der Waals surface area contributed by atoms with E-state index in [2.05, 4.69) is 36.2 Å². The van der Waals surface area contributed by atoms with Crippen molar-refractivity contribution in [3.8, 4) is 0 Å². The lowest BCUT2D eigenvalue weighted by Crippen LogP contribution is -2.04. The number of rotatable bonds is 3. The lowest BCUT2D eigenvalue weighted by Gasteiger charge is -2.08. The smallest absolute Gasteiger partial charge is 0.131 e. The molecule has 0 aliphatic carbocycles. The van der Waals surface area contributed by atoms with Crippen LogP contribution in [0.3, 0.4) is 0 Å². The second kappa shape index (κ2) is 5.23. The van der Waals surface area contributed by atoms with Gasteiger partial charge in [-0.25, -0.2) is 9.97 Å². The Labute approximate surface area is 109 Å². The maximum Gasteiger partial charge on any atom is 0.131 e. The van der Waals surface area contributed by atoms with Crippen molar-refractivity contribution in [3.63, 3.8) is 0 Å². The summed E-state index contributed by atoms with van der Waals surface area (Å²) in [5, 5.41) is 3.27. The number of nitrogens with zero attached hydrogens (tertiary/aromatic N) is 3. The van der Waals surface area contributed by atoms with E-state index in [9.17, 15) is 0 Å². The molecule has 0 spiro atoms. The van der Waals surface area contributed by atoms with Crippen molar-refractivity contribution >= 4 is 21.7 Å². The predicted octanol–water partition coefficient (Wildman–Crippen LogP) is 2.86. The van der Waals surface area contributed by atoms with Gasteiger partial charge in [0.15, 0.2) is 0 Å². The Kier molecular flexibility index (Phi) is 3.68. The fourth-order valence-corrected chi connectivity index (χ4v) is 1.98. The van der Waals surface area contributed by atoms with E-state index in [0.29, 0.717) is 0 Å². The van der Waals surface area contributed by atoms with Gasteiger partial charge in [-0.3, -0.25) is 4.98 Å². The summed E-state index contributed by atoms with van der Waals surface area (Å²) in [6.45, 7) is 4.65. The molecule has 17 heavy (non-hydrogen) atoms. The molecular formula is C12H13BrN4. The predicted molar refractivity (Wildman–Crippen MR) is 70.8 cm³/mol. The van der Waals surface area contributed by atoms with Crippen LogP contribution >= 0.6 is 15.9 Å². The number of anilines is 1. The van der Waals surface area contributed by atoms with Gasteiger partial charge in [-0.05, 0) is 47.0 Å². The minimum atomic E-state index is 0.733. The van der Waals surface area contributed by atoms with Crippen molar-refractivity contribution in [1.29, 1.82) is 0 Å². The van der Waals surface area contributed by atoms with E-state index in [1.165, 1.54) is 11.1 Å². The number of hydrogen-bond acceptors (Lipinski definition) is 4. The Hall–Kier alpha value is -1.49. The molecule has 0 radical (unpaired) electrons. The number of halogens is 1. The Morgan fingerprint density at radius 3 is 2.82 bits per heavy atom. The zero-order valence-corrected chi connectivity index (χ0v) is 11.3. The maximum absolute atomic E-state index is 4.31. The molecule has 0 aliphatic rings. The first kappa shape index (κ1) is 12.0. The van der Waals surface area contributed by atoms with Crippen molar-refractivity contribution in [3.05, 3.63) is 46.1 Å². The van der Waals surface area contributed by atoms with Crippen LogP contribution in [0.5, 0.6) is 0 Å². The monoisotopic (exact) mass is 292 g/mol. The van der Waals surface area contributed by atoms with Gasteiger partial charge < -0.3 is 5.32 Å². The first-order valence-electron chi connectivity index (χ1n) is 5.29. The average molecular weight is 293 g/mol. The maximum atomic E-state index is 4.31. The zero-order chi connectivity index (χ0) is 12.3. The molecule has 0 saturated carbocycles. The van der Waals surface area contributed by atoms with Crippen LogP contribution in [-0.2, 0) is 6.54 Å². The molecule has 2 heterocycles. The molecule has 0 aromatic carbocycles. The lowest BCUT2D eigenvalue weighted by atomic mass is 10.1. The van der Waals surface area contributed by atoms with Gasteiger partial charge in [0, 0.05) is 25.0 Å². The highest BCUT2D eigenvalue weighted by Gasteiger charge is 2.01. The fraction of sp³-hybridized carbons (Fsp3) is 0.250. The summed E-state index contributed by atoms with van der Waals surface area (Å²) in [5.41, 5.74) is 2.39. The highest BCUT2D eigenvalue weighted by molar-refractivity contribution is 9.10. The van der Waals surface area contributed by atoms with Gasteiger partial charge in [0.05, 0.1) is 0 Å². The van der Waals surface area contributed by atoms with Gasteiger partial charge >= 0.3 is 0 Å². The minimum Gasteiger partial charge on any atom is -0.366 e. The van der Waals surface area contributed by atoms with Crippen LogP contribution in [0, 0.1) is 13.8 Å². The van der Waals surface area contributed by atoms with E-state index < -0.39 is 0 Å². The highest BCUT2D eigenvalue weighted by atomic mass is 79.9. The van der Waals surface area contributed by atoms with Crippen LogP contribution < -0.4 is 5.32 Å². The molecule has 0 amide bonds. The third-order valence-electron chi connectivity index (χ3n) is 2.40. The fourth-order valence-electron chi connectivity index (χ4n) is 1.51.